The summed E-state index contributed by atoms with van der Waals surface area (Å²) in [5, 5.41) is 16.0. The summed E-state index contributed by atoms with van der Waals surface area (Å²) in [6.07, 6.45) is -0.532. The van der Waals surface area contributed by atoms with Gasteiger partial charge in [-0.15, -0.1) is 0 Å². The minimum Gasteiger partial charge on any atom is -0.481 e. The number of carboxylic acid groups (broad SMARTS) is 2. The Morgan fingerprint density at radius 2 is 1.90 bits per heavy atom. The molecule has 0 aliphatic heterocycles. The quantitative estimate of drug-likeness (QED) is 0.439. The van der Waals surface area contributed by atoms with E-state index in [2.05, 4.69) is 0 Å². The van der Waals surface area contributed by atoms with Crippen LogP contribution < -0.4 is 5.73 Å². The van der Waals surface area contributed by atoms with Crippen molar-refractivity contribution >= 4 is 35.0 Å². The van der Waals surface area contributed by atoms with Gasteiger partial charge in [-0.1, -0.05) is 0 Å². The Labute approximate surface area is 74.8 Å². The molecule has 1 atom stereocenters. The second kappa shape index (κ2) is 5.45. The SMILES string of the molecule is NC(CC(=O)O)C(=O)O.[H+].[Mg+2]. The second-order valence-corrected chi connectivity index (χ2v) is 1.54. The van der Waals surface area contributed by atoms with Crippen LogP contribution in [0.1, 0.15) is 7.85 Å². The van der Waals surface area contributed by atoms with Gasteiger partial charge in [0.25, 0.3) is 0 Å². The van der Waals surface area contributed by atoms with Crippen molar-refractivity contribution in [3.63, 3.8) is 0 Å². The molecule has 0 amide bonds. The van der Waals surface area contributed by atoms with E-state index in [0.29, 0.717) is 0 Å². The van der Waals surface area contributed by atoms with Crippen LogP contribution >= 0.6 is 0 Å². The predicted octanol–water partition coefficient (Wildman–Crippen LogP) is -1.40. The van der Waals surface area contributed by atoms with Crippen LogP contribution in [0.2, 0.25) is 0 Å². The van der Waals surface area contributed by atoms with Crippen LogP contribution in [0.25, 0.3) is 0 Å². The Morgan fingerprint density at radius 1 is 1.50 bits per heavy atom. The maximum absolute atomic E-state index is 9.85. The van der Waals surface area contributed by atoms with Crippen molar-refractivity contribution in [2.24, 2.45) is 5.73 Å². The zero-order valence-electron chi connectivity index (χ0n) is 6.28. The van der Waals surface area contributed by atoms with Crippen LogP contribution in [0, 0.1) is 0 Å². The fourth-order valence-electron chi connectivity index (χ4n) is 0.275. The topological polar surface area (TPSA) is 101 Å². The van der Waals surface area contributed by atoms with Crippen molar-refractivity contribution in [2.45, 2.75) is 12.5 Å². The summed E-state index contributed by atoms with van der Waals surface area (Å²) in [5.74, 6) is -2.50. The number of hydrogen-bond donors (Lipinski definition) is 3. The second-order valence-electron chi connectivity index (χ2n) is 1.54. The summed E-state index contributed by atoms with van der Waals surface area (Å²) in [5.41, 5.74) is 4.84. The molecule has 0 spiro atoms. The van der Waals surface area contributed by atoms with Gasteiger partial charge in [0.1, 0.15) is 6.04 Å². The van der Waals surface area contributed by atoms with Crippen molar-refractivity contribution in [1.82, 2.24) is 0 Å². The molecule has 5 nitrogen and oxygen atoms in total. The molecule has 0 rings (SSSR count). The third-order valence-corrected chi connectivity index (χ3v) is 0.712. The fourth-order valence-corrected chi connectivity index (χ4v) is 0.275. The third kappa shape index (κ3) is 5.80. The molecule has 0 fully saturated rings. The van der Waals surface area contributed by atoms with Crippen LogP contribution in [-0.4, -0.2) is 51.2 Å². The van der Waals surface area contributed by atoms with Crippen LogP contribution in [0.3, 0.4) is 0 Å². The number of carbonyl (C=O) groups is 2. The first-order valence-corrected chi connectivity index (χ1v) is 2.24. The predicted molar refractivity (Wildman–Crippen MR) is 34.7 cm³/mol. The van der Waals surface area contributed by atoms with Crippen LogP contribution in [0.15, 0.2) is 0 Å². The smallest absolute Gasteiger partial charge is 0.481 e. The Bertz CT molecular complexity index is 142. The average molecular weight is 158 g/mol. The Morgan fingerprint density at radius 3 is 2.00 bits per heavy atom. The van der Waals surface area contributed by atoms with Gasteiger partial charge in [0.15, 0.2) is 0 Å². The van der Waals surface area contributed by atoms with Gasteiger partial charge in [-0.2, -0.15) is 0 Å². The molecule has 0 aromatic carbocycles. The van der Waals surface area contributed by atoms with E-state index >= 15 is 0 Å². The maximum atomic E-state index is 9.85. The molecular weight excluding hydrogens is 150 g/mol. The van der Waals surface area contributed by atoms with E-state index in [9.17, 15) is 9.59 Å². The Kier molecular flexibility index (Phi) is 6.73. The van der Waals surface area contributed by atoms with Gasteiger partial charge in [-0.25, -0.2) is 0 Å². The number of carboxylic acids is 2. The first kappa shape index (κ1) is 12.4. The van der Waals surface area contributed by atoms with Crippen LogP contribution in [0.5, 0.6) is 0 Å². The molecule has 4 N–H and O–H groups in total. The van der Waals surface area contributed by atoms with Gasteiger partial charge in [0, 0.05) is 0 Å². The summed E-state index contributed by atoms with van der Waals surface area (Å²) in [6, 6.07) is -1.29. The summed E-state index contributed by atoms with van der Waals surface area (Å²) in [4.78, 5) is 19.6. The summed E-state index contributed by atoms with van der Waals surface area (Å²) < 4.78 is 0. The molecule has 0 saturated heterocycles. The van der Waals surface area contributed by atoms with Crippen LogP contribution in [0.4, 0.5) is 0 Å². The van der Waals surface area contributed by atoms with Crippen LogP contribution in [-0.2, 0) is 9.59 Å². The van der Waals surface area contributed by atoms with Crippen molar-refractivity contribution in [3.8, 4) is 0 Å². The zero-order valence-corrected chi connectivity index (χ0v) is 6.69. The number of rotatable bonds is 3. The Balaban J connectivity index is -0.000000320. The number of hydrogen-bond acceptors (Lipinski definition) is 3. The van der Waals surface area contributed by atoms with Crippen molar-refractivity contribution in [1.29, 1.82) is 0 Å². The molecule has 0 aromatic heterocycles. The monoisotopic (exact) mass is 158 g/mol. The standard InChI is InChI=1S/C4H7NO4.Mg/c5-2(4(8)9)1-3(6)7;/h2H,1,5H2,(H,6,7)(H,8,9);/q;+2/p+1. The van der Waals surface area contributed by atoms with E-state index in [0.717, 1.165) is 0 Å². The fraction of sp³-hybridized carbons (Fsp3) is 0.500. The van der Waals surface area contributed by atoms with E-state index in [1.54, 1.807) is 0 Å². The molecule has 0 aromatic rings. The van der Waals surface area contributed by atoms with Gasteiger partial charge in [-0.05, 0) is 0 Å². The first-order chi connectivity index (χ1) is 4.04. The minimum absolute atomic E-state index is 0. The van der Waals surface area contributed by atoms with Crippen molar-refractivity contribution in [2.75, 3.05) is 0 Å². The normalized spacial score (nSPS) is 11.3. The molecule has 0 aliphatic rings. The number of nitrogens with two attached hydrogens (primary N) is 1. The molecule has 0 radical (unpaired) electrons. The minimum atomic E-state index is -1.29. The van der Waals surface area contributed by atoms with E-state index < -0.39 is 24.4 Å². The van der Waals surface area contributed by atoms with E-state index in [1.807, 2.05) is 0 Å². The third-order valence-electron chi connectivity index (χ3n) is 0.712. The molecule has 52 valence electrons. The van der Waals surface area contributed by atoms with Gasteiger partial charge < -0.3 is 15.9 Å². The maximum Gasteiger partial charge on any atom is 2.00 e. The summed E-state index contributed by atoms with van der Waals surface area (Å²) in [7, 11) is 0. The molecule has 1 unspecified atom stereocenters. The van der Waals surface area contributed by atoms with E-state index in [1.165, 1.54) is 0 Å². The molecule has 6 heteroatoms. The Hall–Kier alpha value is -0.334. The van der Waals surface area contributed by atoms with Gasteiger partial charge >= 0.3 is 36.4 Å². The first-order valence-electron chi connectivity index (χ1n) is 2.24. The van der Waals surface area contributed by atoms with Gasteiger partial charge in [0.2, 0.25) is 0 Å². The number of aliphatic carboxylic acids is 2. The molecule has 0 saturated carbocycles. The van der Waals surface area contributed by atoms with E-state index in [4.69, 9.17) is 15.9 Å². The molecule has 10 heavy (non-hydrogen) atoms. The molecule has 0 bridgehead atoms. The summed E-state index contributed by atoms with van der Waals surface area (Å²) >= 11 is 0. The van der Waals surface area contributed by atoms with Gasteiger partial charge in [0.05, 0.1) is 6.42 Å². The average Bonchev–Trinajstić information content (AvgIpc) is 1.63. The molecule has 0 aliphatic carbocycles. The van der Waals surface area contributed by atoms with Crippen molar-refractivity contribution < 1.29 is 21.2 Å². The summed E-state index contributed by atoms with van der Waals surface area (Å²) in [6.45, 7) is 0. The van der Waals surface area contributed by atoms with Gasteiger partial charge in [-0.3, -0.25) is 9.59 Å². The zero-order chi connectivity index (χ0) is 7.44. The largest absolute Gasteiger partial charge is 2.00 e. The molecular formula is C4H8MgNO4+3. The van der Waals surface area contributed by atoms with Crippen molar-refractivity contribution in [3.05, 3.63) is 0 Å². The molecule has 0 heterocycles. The van der Waals surface area contributed by atoms with E-state index in [-0.39, 0.29) is 24.5 Å².